The third-order valence-corrected chi connectivity index (χ3v) is 1.53. The van der Waals surface area contributed by atoms with E-state index in [-0.39, 0.29) is 5.69 Å². The second-order valence-electron chi connectivity index (χ2n) is 2.39. The Hall–Kier alpha value is -1.49. The van der Waals surface area contributed by atoms with Crippen molar-refractivity contribution in [3.63, 3.8) is 0 Å². The molecular weight excluding hydrogens is 158 g/mol. The normalized spacial score (nSPS) is 10.1. The smallest absolute Gasteiger partial charge is 0.267 e. The molecule has 1 aromatic rings. The largest absolute Gasteiger partial charge is 0.380 e. The molecule has 1 heterocycles. The van der Waals surface area contributed by atoms with Crippen molar-refractivity contribution in [2.75, 3.05) is 13.0 Å². The SMILES string of the molecule is COCc1ccn(N)c1C(N)=O. The van der Waals surface area contributed by atoms with Gasteiger partial charge in [0.25, 0.3) is 5.91 Å². The van der Waals surface area contributed by atoms with Crippen LogP contribution in [0.2, 0.25) is 0 Å². The van der Waals surface area contributed by atoms with Gasteiger partial charge in [-0.15, -0.1) is 0 Å². The van der Waals surface area contributed by atoms with Crippen molar-refractivity contribution in [2.45, 2.75) is 6.61 Å². The maximum absolute atomic E-state index is 10.8. The lowest BCUT2D eigenvalue weighted by molar-refractivity contribution is 0.0988. The van der Waals surface area contributed by atoms with Crippen molar-refractivity contribution >= 4 is 5.91 Å². The summed E-state index contributed by atoms with van der Waals surface area (Å²) >= 11 is 0. The summed E-state index contributed by atoms with van der Waals surface area (Å²) in [5.74, 6) is 4.89. The van der Waals surface area contributed by atoms with Crippen LogP contribution in [-0.2, 0) is 11.3 Å². The third-order valence-electron chi connectivity index (χ3n) is 1.53. The molecule has 5 nitrogen and oxygen atoms in total. The molecular formula is C7H11N3O2. The molecule has 0 aliphatic rings. The summed E-state index contributed by atoms with van der Waals surface area (Å²) in [5, 5.41) is 0. The summed E-state index contributed by atoms with van der Waals surface area (Å²) in [6, 6.07) is 1.70. The first-order valence-electron chi connectivity index (χ1n) is 3.41. The number of primary amides is 1. The minimum atomic E-state index is -0.547. The monoisotopic (exact) mass is 169 g/mol. The van der Waals surface area contributed by atoms with Gasteiger partial charge in [-0.25, -0.2) is 0 Å². The van der Waals surface area contributed by atoms with E-state index in [1.807, 2.05) is 0 Å². The molecule has 0 fully saturated rings. The molecule has 12 heavy (non-hydrogen) atoms. The molecule has 66 valence electrons. The van der Waals surface area contributed by atoms with Crippen LogP contribution in [0, 0.1) is 0 Å². The van der Waals surface area contributed by atoms with E-state index >= 15 is 0 Å². The van der Waals surface area contributed by atoms with Crippen molar-refractivity contribution in [3.8, 4) is 0 Å². The van der Waals surface area contributed by atoms with Gasteiger partial charge in [0, 0.05) is 18.9 Å². The number of hydrogen-bond donors (Lipinski definition) is 2. The molecule has 0 unspecified atom stereocenters. The molecule has 0 aliphatic heterocycles. The average Bonchev–Trinajstić information content (AvgIpc) is 2.32. The predicted molar refractivity (Wildman–Crippen MR) is 43.8 cm³/mol. The summed E-state index contributed by atoms with van der Waals surface area (Å²) in [6.07, 6.45) is 1.56. The number of nitrogens with two attached hydrogens (primary N) is 2. The molecule has 0 saturated heterocycles. The van der Waals surface area contributed by atoms with Crippen LogP contribution in [-0.4, -0.2) is 17.7 Å². The average molecular weight is 169 g/mol. The lowest BCUT2D eigenvalue weighted by atomic mass is 10.2. The minimum absolute atomic E-state index is 0.289. The van der Waals surface area contributed by atoms with Gasteiger partial charge in [-0.2, -0.15) is 0 Å². The Morgan fingerprint density at radius 3 is 2.92 bits per heavy atom. The summed E-state index contributed by atoms with van der Waals surface area (Å²) in [6.45, 7) is 0.336. The molecule has 0 atom stereocenters. The zero-order valence-electron chi connectivity index (χ0n) is 6.78. The number of ether oxygens (including phenoxy) is 1. The number of carbonyl (C=O) groups is 1. The Labute approximate surface area is 69.9 Å². The highest BCUT2D eigenvalue weighted by Crippen LogP contribution is 2.08. The highest BCUT2D eigenvalue weighted by Gasteiger charge is 2.11. The van der Waals surface area contributed by atoms with Crippen LogP contribution in [0.15, 0.2) is 12.3 Å². The first kappa shape index (κ1) is 8.61. The van der Waals surface area contributed by atoms with Gasteiger partial charge in [0.15, 0.2) is 0 Å². The molecule has 0 aliphatic carbocycles. The second kappa shape index (κ2) is 3.27. The van der Waals surface area contributed by atoms with Crippen LogP contribution in [0.25, 0.3) is 0 Å². The van der Waals surface area contributed by atoms with Gasteiger partial charge in [-0.3, -0.25) is 9.47 Å². The van der Waals surface area contributed by atoms with Crippen LogP contribution < -0.4 is 11.6 Å². The van der Waals surface area contributed by atoms with Crippen LogP contribution in [0.4, 0.5) is 0 Å². The zero-order chi connectivity index (χ0) is 9.14. The maximum atomic E-state index is 10.8. The van der Waals surface area contributed by atoms with E-state index in [4.69, 9.17) is 16.3 Å². The summed E-state index contributed by atoms with van der Waals surface area (Å²) < 4.78 is 6.05. The second-order valence-corrected chi connectivity index (χ2v) is 2.39. The zero-order valence-corrected chi connectivity index (χ0v) is 6.78. The van der Waals surface area contributed by atoms with Crippen LogP contribution in [0.1, 0.15) is 16.1 Å². The summed E-state index contributed by atoms with van der Waals surface area (Å²) in [7, 11) is 1.54. The Kier molecular flexibility index (Phi) is 2.35. The molecule has 0 bridgehead atoms. The molecule has 0 radical (unpaired) electrons. The number of aromatic nitrogens is 1. The number of amides is 1. The Morgan fingerprint density at radius 2 is 2.42 bits per heavy atom. The van der Waals surface area contributed by atoms with E-state index in [1.54, 1.807) is 19.4 Å². The van der Waals surface area contributed by atoms with E-state index < -0.39 is 5.91 Å². The molecule has 4 N–H and O–H groups in total. The van der Waals surface area contributed by atoms with Gasteiger partial charge in [-0.05, 0) is 6.07 Å². The Morgan fingerprint density at radius 1 is 1.75 bits per heavy atom. The fourth-order valence-electron chi connectivity index (χ4n) is 1.05. The topological polar surface area (TPSA) is 83.3 Å². The first-order valence-corrected chi connectivity index (χ1v) is 3.41. The lowest BCUT2D eigenvalue weighted by Gasteiger charge is -2.01. The van der Waals surface area contributed by atoms with Gasteiger partial charge >= 0.3 is 0 Å². The van der Waals surface area contributed by atoms with Gasteiger partial charge in [0.1, 0.15) is 5.69 Å². The number of carbonyl (C=O) groups excluding carboxylic acids is 1. The van der Waals surface area contributed by atoms with Crippen molar-refractivity contribution in [1.82, 2.24) is 4.68 Å². The molecule has 5 heteroatoms. The highest BCUT2D eigenvalue weighted by atomic mass is 16.5. The number of rotatable bonds is 3. The van der Waals surface area contributed by atoms with Crippen LogP contribution in [0.5, 0.6) is 0 Å². The summed E-state index contributed by atoms with van der Waals surface area (Å²) in [4.78, 5) is 10.8. The van der Waals surface area contributed by atoms with Gasteiger partial charge in [-0.1, -0.05) is 0 Å². The van der Waals surface area contributed by atoms with Crippen LogP contribution in [0.3, 0.4) is 0 Å². The van der Waals surface area contributed by atoms with E-state index in [0.29, 0.717) is 12.2 Å². The lowest BCUT2D eigenvalue weighted by Crippen LogP contribution is -2.22. The van der Waals surface area contributed by atoms with E-state index in [9.17, 15) is 4.79 Å². The fraction of sp³-hybridized carbons (Fsp3) is 0.286. The Balaban J connectivity index is 3.04. The number of nitrogen functional groups attached to an aromatic ring is 1. The Bertz CT molecular complexity index is 293. The highest BCUT2D eigenvalue weighted by molar-refractivity contribution is 5.92. The predicted octanol–water partition coefficient (Wildman–Crippen LogP) is -0.553. The first-order chi connectivity index (χ1) is 5.66. The standard InChI is InChI=1S/C7H11N3O2/c1-12-4-5-2-3-10(9)6(5)7(8)11/h2-3H,4,9H2,1H3,(H2,8,11). The van der Waals surface area contributed by atoms with E-state index in [0.717, 1.165) is 0 Å². The van der Waals surface area contributed by atoms with Gasteiger partial charge in [0.05, 0.1) is 6.61 Å². The van der Waals surface area contributed by atoms with Crippen LogP contribution >= 0.6 is 0 Å². The maximum Gasteiger partial charge on any atom is 0.267 e. The van der Waals surface area contributed by atoms with Crippen molar-refractivity contribution in [1.29, 1.82) is 0 Å². The summed E-state index contributed by atoms with van der Waals surface area (Å²) in [5.41, 5.74) is 6.08. The number of methoxy groups -OCH3 is 1. The van der Waals surface area contributed by atoms with Crippen molar-refractivity contribution < 1.29 is 9.53 Å². The molecule has 1 amide bonds. The minimum Gasteiger partial charge on any atom is -0.380 e. The number of hydrogen-bond acceptors (Lipinski definition) is 3. The van der Waals surface area contributed by atoms with Crippen molar-refractivity contribution in [3.05, 3.63) is 23.5 Å². The third kappa shape index (κ3) is 1.40. The number of nitrogens with zero attached hydrogens (tertiary/aromatic N) is 1. The quantitative estimate of drug-likeness (QED) is 0.595. The molecule has 0 saturated carbocycles. The molecule has 0 aromatic carbocycles. The molecule has 1 rings (SSSR count). The fourth-order valence-corrected chi connectivity index (χ4v) is 1.05. The van der Waals surface area contributed by atoms with Gasteiger partial charge < -0.3 is 16.3 Å². The van der Waals surface area contributed by atoms with E-state index in [2.05, 4.69) is 0 Å². The van der Waals surface area contributed by atoms with E-state index in [1.165, 1.54) is 4.68 Å². The molecule has 0 spiro atoms. The van der Waals surface area contributed by atoms with Gasteiger partial charge in [0.2, 0.25) is 0 Å². The molecule has 1 aromatic heterocycles. The van der Waals surface area contributed by atoms with Crippen molar-refractivity contribution in [2.24, 2.45) is 5.73 Å².